The van der Waals surface area contributed by atoms with Crippen LogP contribution in [0.4, 0.5) is 10.5 Å². The van der Waals surface area contributed by atoms with E-state index in [0.29, 0.717) is 5.02 Å². The van der Waals surface area contributed by atoms with Gasteiger partial charge in [-0.25, -0.2) is 4.57 Å². The van der Waals surface area contributed by atoms with Crippen LogP contribution in [0.25, 0.3) is 0 Å². The van der Waals surface area contributed by atoms with Gasteiger partial charge in [-0.05, 0) is 45.9 Å². The first-order valence-electron chi connectivity index (χ1n) is 6.37. The van der Waals surface area contributed by atoms with E-state index in [4.69, 9.17) is 32.2 Å². The summed E-state index contributed by atoms with van der Waals surface area (Å²) in [5.41, 5.74) is -0.636. The lowest BCUT2D eigenvalue weighted by atomic mass is 10.3. The molecule has 0 aliphatic carbocycles. The SMILES string of the molecule is CC(C)OP(=O)(OC(C)C)C(=O)Nc1cc(Cl)ccc1Cl. The lowest BCUT2D eigenvalue weighted by Gasteiger charge is -2.21. The van der Waals surface area contributed by atoms with Crippen molar-refractivity contribution in [3.8, 4) is 0 Å². The number of amides is 1. The van der Waals surface area contributed by atoms with E-state index in [9.17, 15) is 9.36 Å². The highest BCUT2D eigenvalue weighted by Gasteiger charge is 2.37. The number of halogens is 2. The van der Waals surface area contributed by atoms with Crippen LogP contribution >= 0.6 is 30.8 Å². The standard InChI is InChI=1S/C13H18Cl2NO4P/c1-8(2)19-21(18,20-9(3)4)13(17)16-12-7-10(14)5-6-11(12)15/h5-9H,1-4H3,(H,16,17). The van der Waals surface area contributed by atoms with Gasteiger partial charge in [0.1, 0.15) is 0 Å². The highest BCUT2D eigenvalue weighted by Crippen LogP contribution is 2.52. The number of anilines is 1. The molecule has 1 N–H and O–H groups in total. The van der Waals surface area contributed by atoms with Gasteiger partial charge in [-0.15, -0.1) is 0 Å². The first-order valence-corrected chi connectivity index (χ1v) is 8.67. The zero-order chi connectivity index (χ0) is 16.2. The summed E-state index contributed by atoms with van der Waals surface area (Å²) in [5.74, 6) is 0. The van der Waals surface area contributed by atoms with Crippen LogP contribution in [0.2, 0.25) is 10.0 Å². The number of hydrogen-bond acceptors (Lipinski definition) is 4. The van der Waals surface area contributed by atoms with E-state index in [-0.39, 0.29) is 10.7 Å². The molecule has 0 spiro atoms. The van der Waals surface area contributed by atoms with E-state index >= 15 is 0 Å². The van der Waals surface area contributed by atoms with Crippen LogP contribution in [0.3, 0.4) is 0 Å². The van der Waals surface area contributed by atoms with Crippen LogP contribution in [-0.4, -0.2) is 17.9 Å². The average molecular weight is 354 g/mol. The van der Waals surface area contributed by atoms with Gasteiger partial charge in [0.05, 0.1) is 22.9 Å². The van der Waals surface area contributed by atoms with Crippen molar-refractivity contribution in [1.82, 2.24) is 0 Å². The highest BCUT2D eigenvalue weighted by molar-refractivity contribution is 7.72. The molecule has 1 rings (SSSR count). The minimum atomic E-state index is -3.97. The second-order valence-electron chi connectivity index (χ2n) is 4.86. The fourth-order valence-electron chi connectivity index (χ4n) is 1.45. The Bertz CT molecular complexity index is 549. The number of nitrogens with one attached hydrogen (secondary N) is 1. The summed E-state index contributed by atoms with van der Waals surface area (Å²) in [7, 11) is -3.97. The molecule has 8 heteroatoms. The van der Waals surface area contributed by atoms with Crippen molar-refractivity contribution in [1.29, 1.82) is 0 Å². The first-order chi connectivity index (χ1) is 9.64. The van der Waals surface area contributed by atoms with Gasteiger partial charge < -0.3 is 5.32 Å². The number of benzene rings is 1. The van der Waals surface area contributed by atoms with Crippen LogP contribution in [0.15, 0.2) is 18.2 Å². The predicted octanol–water partition coefficient (Wildman–Crippen LogP) is 5.57. The molecule has 1 aromatic rings. The van der Waals surface area contributed by atoms with Crippen LogP contribution in [0.5, 0.6) is 0 Å². The van der Waals surface area contributed by atoms with E-state index in [2.05, 4.69) is 5.32 Å². The predicted molar refractivity (Wildman–Crippen MR) is 85.5 cm³/mol. The van der Waals surface area contributed by atoms with E-state index in [1.54, 1.807) is 33.8 Å². The van der Waals surface area contributed by atoms with Gasteiger partial charge in [0.15, 0.2) is 0 Å². The molecule has 5 nitrogen and oxygen atoms in total. The zero-order valence-corrected chi connectivity index (χ0v) is 14.6. The first kappa shape index (κ1) is 18.5. The fraction of sp³-hybridized carbons (Fsp3) is 0.462. The number of carbonyl (C=O) groups is 1. The molecule has 0 heterocycles. The van der Waals surface area contributed by atoms with Crippen molar-refractivity contribution in [2.45, 2.75) is 39.9 Å². The molecule has 1 amide bonds. The Kier molecular flexibility index (Phi) is 6.70. The maximum atomic E-state index is 12.6. The molecule has 0 aliphatic rings. The van der Waals surface area contributed by atoms with E-state index in [0.717, 1.165) is 0 Å². The van der Waals surface area contributed by atoms with Crippen LogP contribution in [-0.2, 0) is 13.6 Å². The van der Waals surface area contributed by atoms with Crippen molar-refractivity contribution < 1.29 is 18.4 Å². The average Bonchev–Trinajstić information content (AvgIpc) is 2.31. The molecule has 1 aromatic carbocycles. The summed E-state index contributed by atoms with van der Waals surface area (Å²) in [6, 6.07) is 4.56. The Labute approximate surface area is 134 Å². The Hall–Kier alpha value is -0.580. The summed E-state index contributed by atoms with van der Waals surface area (Å²) >= 11 is 11.8. The largest absolute Gasteiger partial charge is 0.419 e. The smallest absolute Gasteiger partial charge is 0.314 e. The Morgan fingerprint density at radius 2 is 1.67 bits per heavy atom. The van der Waals surface area contributed by atoms with Gasteiger partial charge in [-0.2, -0.15) is 0 Å². The van der Waals surface area contributed by atoms with Crippen molar-refractivity contribution >= 4 is 42.1 Å². The lowest BCUT2D eigenvalue weighted by molar-refractivity contribution is 0.145. The van der Waals surface area contributed by atoms with Crippen molar-refractivity contribution in [3.05, 3.63) is 28.2 Å². The quantitative estimate of drug-likeness (QED) is 0.679. The maximum Gasteiger partial charge on any atom is 0.419 e. The molecule has 0 aliphatic heterocycles. The summed E-state index contributed by atoms with van der Waals surface area (Å²) in [6.07, 6.45) is -0.870. The van der Waals surface area contributed by atoms with Crippen LogP contribution in [0, 0.1) is 0 Å². The molecule has 0 unspecified atom stereocenters. The van der Waals surface area contributed by atoms with Gasteiger partial charge in [0, 0.05) is 5.02 Å². The highest BCUT2D eigenvalue weighted by atomic mass is 35.5. The zero-order valence-electron chi connectivity index (χ0n) is 12.2. The van der Waals surface area contributed by atoms with Crippen molar-refractivity contribution in [2.75, 3.05) is 5.32 Å². The normalized spacial score (nSPS) is 12.0. The van der Waals surface area contributed by atoms with Crippen LogP contribution in [0.1, 0.15) is 27.7 Å². The minimum absolute atomic E-state index is 0.245. The summed E-state index contributed by atoms with van der Waals surface area (Å²) in [5, 5.41) is 3.09. The Morgan fingerprint density at radius 3 is 2.14 bits per heavy atom. The minimum Gasteiger partial charge on any atom is -0.314 e. The van der Waals surface area contributed by atoms with Crippen molar-refractivity contribution in [2.24, 2.45) is 0 Å². The molecule has 118 valence electrons. The molecule has 0 aromatic heterocycles. The molecule has 0 radical (unpaired) electrons. The lowest BCUT2D eigenvalue weighted by Crippen LogP contribution is -2.19. The van der Waals surface area contributed by atoms with Gasteiger partial charge in [-0.3, -0.25) is 13.8 Å². The van der Waals surface area contributed by atoms with Crippen molar-refractivity contribution in [3.63, 3.8) is 0 Å². The molecule has 0 saturated heterocycles. The van der Waals surface area contributed by atoms with Gasteiger partial charge in [0.2, 0.25) is 0 Å². The van der Waals surface area contributed by atoms with E-state index in [1.165, 1.54) is 12.1 Å². The number of rotatable bonds is 6. The van der Waals surface area contributed by atoms with Gasteiger partial charge in [-0.1, -0.05) is 23.2 Å². The van der Waals surface area contributed by atoms with Gasteiger partial charge >= 0.3 is 13.2 Å². The second-order valence-corrected chi connectivity index (χ2v) is 7.53. The number of carbonyl (C=O) groups excluding carboxylic acids is 1. The summed E-state index contributed by atoms with van der Waals surface area (Å²) in [6.45, 7) is 6.65. The Balaban J connectivity index is 3.01. The third-order valence-electron chi connectivity index (χ3n) is 2.12. The van der Waals surface area contributed by atoms with E-state index < -0.39 is 25.5 Å². The van der Waals surface area contributed by atoms with E-state index in [1.807, 2.05) is 0 Å². The summed E-state index contributed by atoms with van der Waals surface area (Å²) < 4.78 is 23.0. The van der Waals surface area contributed by atoms with Gasteiger partial charge in [0.25, 0.3) is 0 Å². The monoisotopic (exact) mass is 353 g/mol. The summed E-state index contributed by atoms with van der Waals surface area (Å²) in [4.78, 5) is 12.2. The molecule has 0 saturated carbocycles. The topological polar surface area (TPSA) is 64.6 Å². The third kappa shape index (κ3) is 5.61. The Morgan fingerprint density at radius 1 is 1.14 bits per heavy atom. The molecule has 0 fully saturated rings. The number of hydrogen-bond donors (Lipinski definition) is 1. The van der Waals surface area contributed by atoms with Crippen LogP contribution < -0.4 is 5.32 Å². The third-order valence-corrected chi connectivity index (χ3v) is 4.69. The maximum absolute atomic E-state index is 12.6. The molecule has 21 heavy (non-hydrogen) atoms. The fourth-order valence-corrected chi connectivity index (χ4v) is 3.40. The molecule has 0 bridgehead atoms. The molecular formula is C13H18Cl2NO4P. The molecule has 0 atom stereocenters. The second kappa shape index (κ2) is 7.61. The molecular weight excluding hydrogens is 336 g/mol.